The van der Waals surface area contributed by atoms with E-state index in [0.29, 0.717) is 6.10 Å². The predicted molar refractivity (Wildman–Crippen MR) is 68.1 cm³/mol. The summed E-state index contributed by atoms with van der Waals surface area (Å²) in [7, 11) is 0. The quantitative estimate of drug-likeness (QED) is 0.797. The van der Waals surface area contributed by atoms with Crippen LogP contribution in [0.2, 0.25) is 0 Å². The fourth-order valence-electron chi connectivity index (χ4n) is 2.19. The highest BCUT2D eigenvalue weighted by molar-refractivity contribution is 5.34. The van der Waals surface area contributed by atoms with E-state index < -0.39 is 0 Å². The first-order valence-corrected chi connectivity index (χ1v) is 6.49. The van der Waals surface area contributed by atoms with Crippen molar-refractivity contribution in [3.63, 3.8) is 0 Å². The van der Waals surface area contributed by atoms with Crippen LogP contribution in [0.4, 0.5) is 5.82 Å². The lowest BCUT2D eigenvalue weighted by Crippen LogP contribution is -2.20. The van der Waals surface area contributed by atoms with Gasteiger partial charge in [0.25, 0.3) is 0 Å². The van der Waals surface area contributed by atoms with E-state index in [0.717, 1.165) is 24.5 Å². The standard InChI is InChI=1S/C13H21N3O/c1-11-9-13(16-15-10-11)14-7-8-17-12-5-3-2-4-6-12/h9-10,12H,2-8H2,1H3,(H,14,16). The van der Waals surface area contributed by atoms with Gasteiger partial charge >= 0.3 is 0 Å². The molecule has 0 aliphatic heterocycles. The van der Waals surface area contributed by atoms with Crippen LogP contribution in [0, 0.1) is 6.92 Å². The number of nitrogens with one attached hydrogen (secondary N) is 1. The normalized spacial score (nSPS) is 17.0. The van der Waals surface area contributed by atoms with Gasteiger partial charge in [-0.3, -0.25) is 0 Å². The SMILES string of the molecule is Cc1cnnc(NCCOC2CCCCC2)c1. The molecule has 1 aliphatic carbocycles. The monoisotopic (exact) mass is 235 g/mol. The molecular weight excluding hydrogens is 214 g/mol. The molecule has 0 saturated heterocycles. The Morgan fingerprint density at radius 2 is 2.18 bits per heavy atom. The van der Waals surface area contributed by atoms with Crippen LogP contribution in [-0.4, -0.2) is 29.5 Å². The summed E-state index contributed by atoms with van der Waals surface area (Å²) in [6, 6.07) is 1.99. The van der Waals surface area contributed by atoms with Crippen LogP contribution >= 0.6 is 0 Å². The number of nitrogens with zero attached hydrogens (tertiary/aromatic N) is 2. The fourth-order valence-corrected chi connectivity index (χ4v) is 2.19. The molecule has 1 heterocycles. The molecular formula is C13H21N3O. The smallest absolute Gasteiger partial charge is 0.148 e. The van der Waals surface area contributed by atoms with Crippen molar-refractivity contribution in [2.75, 3.05) is 18.5 Å². The molecule has 1 aromatic rings. The lowest BCUT2D eigenvalue weighted by molar-refractivity contribution is 0.0347. The van der Waals surface area contributed by atoms with E-state index in [1.54, 1.807) is 6.20 Å². The number of hydrogen-bond acceptors (Lipinski definition) is 4. The molecule has 4 heteroatoms. The molecule has 0 spiro atoms. The number of aromatic nitrogens is 2. The third-order valence-electron chi connectivity index (χ3n) is 3.11. The van der Waals surface area contributed by atoms with E-state index in [2.05, 4.69) is 15.5 Å². The molecule has 0 aromatic carbocycles. The number of ether oxygens (including phenoxy) is 1. The Hall–Kier alpha value is -1.16. The van der Waals surface area contributed by atoms with Gasteiger partial charge in [-0.2, -0.15) is 5.10 Å². The summed E-state index contributed by atoms with van der Waals surface area (Å²) >= 11 is 0. The molecule has 0 amide bonds. The van der Waals surface area contributed by atoms with Gasteiger partial charge in [-0.1, -0.05) is 19.3 Å². The Morgan fingerprint density at radius 1 is 1.35 bits per heavy atom. The maximum Gasteiger partial charge on any atom is 0.148 e. The second-order valence-corrected chi connectivity index (χ2v) is 4.68. The van der Waals surface area contributed by atoms with Crippen molar-refractivity contribution >= 4 is 5.82 Å². The summed E-state index contributed by atoms with van der Waals surface area (Å²) in [6.45, 7) is 3.56. The van der Waals surface area contributed by atoms with Crippen LogP contribution in [0.15, 0.2) is 12.3 Å². The highest BCUT2D eigenvalue weighted by atomic mass is 16.5. The van der Waals surface area contributed by atoms with Gasteiger partial charge in [-0.25, -0.2) is 0 Å². The van der Waals surface area contributed by atoms with Gasteiger partial charge < -0.3 is 10.1 Å². The number of aryl methyl sites for hydroxylation is 1. The second kappa shape index (κ2) is 6.55. The van der Waals surface area contributed by atoms with Crippen LogP contribution in [0.5, 0.6) is 0 Å². The first kappa shape index (κ1) is 12.3. The molecule has 94 valence electrons. The van der Waals surface area contributed by atoms with E-state index in [1.165, 1.54) is 32.1 Å². The summed E-state index contributed by atoms with van der Waals surface area (Å²) in [4.78, 5) is 0. The largest absolute Gasteiger partial charge is 0.376 e. The average molecular weight is 235 g/mol. The zero-order chi connectivity index (χ0) is 11.9. The Bertz CT molecular complexity index is 337. The molecule has 17 heavy (non-hydrogen) atoms. The maximum absolute atomic E-state index is 5.82. The topological polar surface area (TPSA) is 47.0 Å². The van der Waals surface area contributed by atoms with Gasteiger partial charge in [0.05, 0.1) is 18.9 Å². The Morgan fingerprint density at radius 3 is 2.94 bits per heavy atom. The van der Waals surface area contributed by atoms with Gasteiger partial charge in [0.2, 0.25) is 0 Å². The third-order valence-corrected chi connectivity index (χ3v) is 3.11. The molecule has 1 saturated carbocycles. The van der Waals surface area contributed by atoms with Crippen LogP contribution in [0.3, 0.4) is 0 Å². The molecule has 1 fully saturated rings. The average Bonchev–Trinajstić information content (AvgIpc) is 2.36. The van der Waals surface area contributed by atoms with E-state index in [-0.39, 0.29) is 0 Å². The molecule has 1 aliphatic rings. The predicted octanol–water partition coefficient (Wildman–Crippen LogP) is 2.55. The zero-order valence-electron chi connectivity index (χ0n) is 10.5. The third kappa shape index (κ3) is 4.30. The summed E-state index contributed by atoms with van der Waals surface area (Å²) in [6.07, 6.45) is 8.70. The van der Waals surface area contributed by atoms with Gasteiger partial charge in [-0.15, -0.1) is 5.10 Å². The molecule has 1 N–H and O–H groups in total. The second-order valence-electron chi connectivity index (χ2n) is 4.68. The van der Waals surface area contributed by atoms with E-state index in [4.69, 9.17) is 4.74 Å². The minimum absolute atomic E-state index is 0.481. The minimum Gasteiger partial charge on any atom is -0.376 e. The first-order chi connectivity index (χ1) is 8.34. The van der Waals surface area contributed by atoms with Crippen LogP contribution in [0.25, 0.3) is 0 Å². The van der Waals surface area contributed by atoms with Crippen molar-refractivity contribution in [3.8, 4) is 0 Å². The number of rotatable bonds is 5. The minimum atomic E-state index is 0.481. The van der Waals surface area contributed by atoms with Gasteiger partial charge in [0, 0.05) is 6.54 Å². The van der Waals surface area contributed by atoms with Gasteiger partial charge in [0.15, 0.2) is 0 Å². The molecule has 0 unspecified atom stereocenters. The molecule has 2 rings (SSSR count). The summed E-state index contributed by atoms with van der Waals surface area (Å²) in [5.74, 6) is 0.831. The van der Waals surface area contributed by atoms with Crippen molar-refractivity contribution in [1.82, 2.24) is 10.2 Å². The summed E-state index contributed by atoms with van der Waals surface area (Å²) < 4.78 is 5.82. The highest BCUT2D eigenvalue weighted by Gasteiger charge is 2.12. The molecule has 0 bridgehead atoms. The van der Waals surface area contributed by atoms with Crippen molar-refractivity contribution < 1.29 is 4.74 Å². The summed E-state index contributed by atoms with van der Waals surface area (Å²) in [5, 5.41) is 11.1. The molecule has 0 radical (unpaired) electrons. The Labute approximate surface area is 103 Å². The lowest BCUT2D eigenvalue weighted by atomic mass is 9.98. The molecule has 4 nitrogen and oxygen atoms in total. The maximum atomic E-state index is 5.82. The zero-order valence-corrected chi connectivity index (χ0v) is 10.5. The number of hydrogen-bond donors (Lipinski definition) is 1. The Balaban J connectivity index is 1.62. The number of anilines is 1. The van der Waals surface area contributed by atoms with Crippen molar-refractivity contribution in [1.29, 1.82) is 0 Å². The summed E-state index contributed by atoms with van der Waals surface area (Å²) in [5.41, 5.74) is 1.12. The first-order valence-electron chi connectivity index (χ1n) is 6.49. The Kier molecular flexibility index (Phi) is 4.74. The van der Waals surface area contributed by atoms with Crippen LogP contribution in [0.1, 0.15) is 37.7 Å². The van der Waals surface area contributed by atoms with Crippen molar-refractivity contribution in [3.05, 3.63) is 17.8 Å². The van der Waals surface area contributed by atoms with Gasteiger partial charge in [0.1, 0.15) is 5.82 Å². The van der Waals surface area contributed by atoms with E-state index in [9.17, 15) is 0 Å². The van der Waals surface area contributed by atoms with Crippen molar-refractivity contribution in [2.24, 2.45) is 0 Å². The highest BCUT2D eigenvalue weighted by Crippen LogP contribution is 2.19. The van der Waals surface area contributed by atoms with E-state index in [1.807, 2.05) is 13.0 Å². The van der Waals surface area contributed by atoms with Crippen molar-refractivity contribution in [2.45, 2.75) is 45.1 Å². The molecule has 0 atom stereocenters. The van der Waals surface area contributed by atoms with Gasteiger partial charge in [-0.05, 0) is 31.4 Å². The van der Waals surface area contributed by atoms with E-state index >= 15 is 0 Å². The van der Waals surface area contributed by atoms with Crippen LogP contribution in [-0.2, 0) is 4.74 Å². The van der Waals surface area contributed by atoms with Crippen LogP contribution < -0.4 is 5.32 Å². The fraction of sp³-hybridized carbons (Fsp3) is 0.692. The lowest BCUT2D eigenvalue weighted by Gasteiger charge is -2.22. The molecule has 1 aromatic heterocycles.